The SMILES string of the molecule is NC1(c2noc(-c3ccc(I)c(Cl)c3)n2)CCC1. The van der Waals surface area contributed by atoms with Crippen molar-refractivity contribution in [2.24, 2.45) is 5.73 Å². The number of hydrogen-bond donors (Lipinski definition) is 1. The lowest BCUT2D eigenvalue weighted by Crippen LogP contribution is -2.44. The summed E-state index contributed by atoms with van der Waals surface area (Å²) in [4.78, 5) is 4.38. The summed E-state index contributed by atoms with van der Waals surface area (Å²) in [6.07, 6.45) is 2.95. The van der Waals surface area contributed by atoms with Gasteiger partial charge in [0.15, 0.2) is 5.82 Å². The molecule has 0 radical (unpaired) electrons. The number of benzene rings is 1. The molecule has 1 fully saturated rings. The summed E-state index contributed by atoms with van der Waals surface area (Å²) in [6, 6.07) is 5.66. The predicted molar refractivity (Wildman–Crippen MR) is 77.2 cm³/mol. The van der Waals surface area contributed by atoms with Crippen molar-refractivity contribution in [3.8, 4) is 11.5 Å². The van der Waals surface area contributed by atoms with Gasteiger partial charge in [0, 0.05) is 9.13 Å². The Balaban J connectivity index is 1.95. The van der Waals surface area contributed by atoms with Crippen LogP contribution in [0.2, 0.25) is 5.02 Å². The van der Waals surface area contributed by atoms with Gasteiger partial charge in [-0.25, -0.2) is 0 Å². The van der Waals surface area contributed by atoms with Crippen molar-refractivity contribution in [2.45, 2.75) is 24.8 Å². The van der Waals surface area contributed by atoms with Gasteiger partial charge in [-0.15, -0.1) is 0 Å². The molecular formula is C12H11ClIN3O. The molecule has 0 spiro atoms. The summed E-state index contributed by atoms with van der Waals surface area (Å²) in [5.74, 6) is 1.07. The van der Waals surface area contributed by atoms with E-state index in [0.29, 0.717) is 16.7 Å². The largest absolute Gasteiger partial charge is 0.334 e. The van der Waals surface area contributed by atoms with Gasteiger partial charge in [-0.3, -0.25) is 0 Å². The van der Waals surface area contributed by atoms with Crippen LogP contribution in [-0.4, -0.2) is 10.1 Å². The highest BCUT2D eigenvalue weighted by atomic mass is 127. The second-order valence-corrected chi connectivity index (χ2v) is 6.13. The molecule has 2 aromatic rings. The molecular weight excluding hydrogens is 365 g/mol. The maximum absolute atomic E-state index is 6.16. The third-order valence-corrected chi connectivity index (χ3v) is 4.86. The fourth-order valence-electron chi connectivity index (χ4n) is 1.95. The van der Waals surface area contributed by atoms with Gasteiger partial charge in [0.2, 0.25) is 0 Å². The lowest BCUT2D eigenvalue weighted by Gasteiger charge is -2.34. The van der Waals surface area contributed by atoms with Crippen molar-refractivity contribution in [1.29, 1.82) is 0 Å². The van der Waals surface area contributed by atoms with Crippen molar-refractivity contribution >= 4 is 34.2 Å². The predicted octanol–water partition coefficient (Wildman–Crippen LogP) is 3.33. The number of aromatic nitrogens is 2. The molecule has 1 aromatic carbocycles. The van der Waals surface area contributed by atoms with Crippen molar-refractivity contribution < 1.29 is 4.52 Å². The summed E-state index contributed by atoms with van der Waals surface area (Å²) in [5.41, 5.74) is 6.58. The third-order valence-electron chi connectivity index (χ3n) is 3.28. The zero-order valence-electron chi connectivity index (χ0n) is 9.49. The van der Waals surface area contributed by atoms with Crippen molar-refractivity contribution in [2.75, 3.05) is 0 Å². The molecule has 2 N–H and O–H groups in total. The number of halogens is 2. The molecule has 1 aliphatic carbocycles. The Hall–Kier alpha value is -0.660. The van der Waals surface area contributed by atoms with Crippen LogP contribution >= 0.6 is 34.2 Å². The highest BCUT2D eigenvalue weighted by Gasteiger charge is 2.39. The molecule has 1 aromatic heterocycles. The minimum atomic E-state index is -0.394. The van der Waals surface area contributed by atoms with Crippen LogP contribution in [0, 0.1) is 3.57 Å². The quantitative estimate of drug-likeness (QED) is 0.818. The van der Waals surface area contributed by atoms with Crippen LogP contribution in [0.5, 0.6) is 0 Å². The number of hydrogen-bond acceptors (Lipinski definition) is 4. The van der Waals surface area contributed by atoms with E-state index < -0.39 is 5.54 Å². The van der Waals surface area contributed by atoms with E-state index in [2.05, 4.69) is 32.7 Å². The minimum absolute atomic E-state index is 0.394. The summed E-state index contributed by atoms with van der Waals surface area (Å²) >= 11 is 8.25. The summed E-state index contributed by atoms with van der Waals surface area (Å²) in [7, 11) is 0. The fraction of sp³-hybridized carbons (Fsp3) is 0.333. The third kappa shape index (κ3) is 2.04. The van der Waals surface area contributed by atoms with E-state index in [1.807, 2.05) is 18.2 Å². The van der Waals surface area contributed by atoms with Gasteiger partial charge in [-0.2, -0.15) is 4.98 Å². The normalized spacial score (nSPS) is 17.5. The molecule has 94 valence electrons. The molecule has 0 saturated heterocycles. The van der Waals surface area contributed by atoms with E-state index in [1.165, 1.54) is 0 Å². The first-order valence-electron chi connectivity index (χ1n) is 5.67. The van der Waals surface area contributed by atoms with Gasteiger partial charge >= 0.3 is 0 Å². The summed E-state index contributed by atoms with van der Waals surface area (Å²) in [5, 5.41) is 4.66. The van der Waals surface area contributed by atoms with E-state index in [0.717, 1.165) is 28.4 Å². The molecule has 0 unspecified atom stereocenters. The van der Waals surface area contributed by atoms with Gasteiger partial charge in [0.05, 0.1) is 10.6 Å². The molecule has 0 aliphatic heterocycles. The Labute approximate surface area is 123 Å². The minimum Gasteiger partial charge on any atom is -0.334 e. The lowest BCUT2D eigenvalue weighted by molar-refractivity contribution is 0.229. The first kappa shape index (κ1) is 12.4. The summed E-state index contributed by atoms with van der Waals surface area (Å²) < 4.78 is 6.26. The van der Waals surface area contributed by atoms with Crippen LogP contribution in [0.4, 0.5) is 0 Å². The number of nitrogens with two attached hydrogens (primary N) is 1. The van der Waals surface area contributed by atoms with Gasteiger partial charge < -0.3 is 10.3 Å². The highest BCUT2D eigenvalue weighted by Crippen LogP contribution is 2.37. The van der Waals surface area contributed by atoms with Gasteiger partial charge in [-0.1, -0.05) is 16.8 Å². The maximum atomic E-state index is 6.16. The Morgan fingerprint density at radius 2 is 2.17 bits per heavy atom. The molecule has 6 heteroatoms. The van der Waals surface area contributed by atoms with Crippen LogP contribution in [0.3, 0.4) is 0 Å². The van der Waals surface area contributed by atoms with Gasteiger partial charge in [0.25, 0.3) is 5.89 Å². The van der Waals surface area contributed by atoms with Crippen LogP contribution in [0.25, 0.3) is 11.5 Å². The molecule has 0 amide bonds. The molecule has 18 heavy (non-hydrogen) atoms. The van der Waals surface area contributed by atoms with E-state index in [-0.39, 0.29) is 0 Å². The first-order chi connectivity index (χ1) is 8.58. The zero-order valence-corrected chi connectivity index (χ0v) is 12.4. The zero-order chi connectivity index (χ0) is 12.8. The van der Waals surface area contributed by atoms with Crippen LogP contribution in [0.15, 0.2) is 22.7 Å². The Kier molecular flexibility index (Phi) is 3.07. The summed E-state index contributed by atoms with van der Waals surface area (Å²) in [6.45, 7) is 0. The molecule has 1 saturated carbocycles. The smallest absolute Gasteiger partial charge is 0.258 e. The number of nitrogens with zero attached hydrogens (tertiary/aromatic N) is 2. The van der Waals surface area contributed by atoms with Crippen LogP contribution in [0.1, 0.15) is 25.1 Å². The molecule has 3 rings (SSSR count). The van der Waals surface area contributed by atoms with E-state index in [9.17, 15) is 0 Å². The Morgan fingerprint density at radius 3 is 2.78 bits per heavy atom. The van der Waals surface area contributed by atoms with Crippen molar-refractivity contribution in [1.82, 2.24) is 10.1 Å². The first-order valence-corrected chi connectivity index (χ1v) is 7.13. The van der Waals surface area contributed by atoms with Crippen LogP contribution < -0.4 is 5.73 Å². The average molecular weight is 376 g/mol. The van der Waals surface area contributed by atoms with Crippen molar-refractivity contribution in [3.05, 3.63) is 32.6 Å². The topological polar surface area (TPSA) is 64.9 Å². The van der Waals surface area contributed by atoms with Gasteiger partial charge in [0.1, 0.15) is 0 Å². The Morgan fingerprint density at radius 1 is 1.39 bits per heavy atom. The Bertz CT molecular complexity index is 595. The molecule has 1 heterocycles. The highest BCUT2D eigenvalue weighted by molar-refractivity contribution is 14.1. The van der Waals surface area contributed by atoms with E-state index in [1.54, 1.807) is 0 Å². The van der Waals surface area contributed by atoms with E-state index in [4.69, 9.17) is 21.9 Å². The van der Waals surface area contributed by atoms with Crippen molar-refractivity contribution in [3.63, 3.8) is 0 Å². The second-order valence-electron chi connectivity index (χ2n) is 4.56. The molecule has 0 bridgehead atoms. The maximum Gasteiger partial charge on any atom is 0.258 e. The van der Waals surface area contributed by atoms with Gasteiger partial charge in [-0.05, 0) is 60.1 Å². The van der Waals surface area contributed by atoms with Crippen LogP contribution in [-0.2, 0) is 5.54 Å². The molecule has 0 atom stereocenters. The standard InChI is InChI=1S/C12H11ClIN3O/c13-8-6-7(2-3-9(8)14)10-16-11(17-18-10)12(15)4-1-5-12/h2-3,6H,1,4-5,15H2. The lowest BCUT2D eigenvalue weighted by atomic mass is 9.77. The number of rotatable bonds is 2. The monoisotopic (exact) mass is 375 g/mol. The van der Waals surface area contributed by atoms with E-state index >= 15 is 0 Å². The fourth-order valence-corrected chi connectivity index (χ4v) is 2.47. The molecule has 1 aliphatic rings. The average Bonchev–Trinajstić information content (AvgIpc) is 2.79. The second kappa shape index (κ2) is 4.47. The molecule has 4 nitrogen and oxygen atoms in total.